The van der Waals surface area contributed by atoms with Gasteiger partial charge in [0.25, 0.3) is 0 Å². The van der Waals surface area contributed by atoms with E-state index in [9.17, 15) is 4.39 Å². The van der Waals surface area contributed by atoms with Crippen LogP contribution in [0.15, 0.2) is 76.5 Å². The van der Waals surface area contributed by atoms with E-state index in [-0.39, 0.29) is 5.82 Å². The maximum absolute atomic E-state index is 13.9. The molecule has 4 rings (SSSR count). The van der Waals surface area contributed by atoms with Gasteiger partial charge in [-0.1, -0.05) is 48.2 Å². The van der Waals surface area contributed by atoms with Crippen LogP contribution in [0.1, 0.15) is 11.1 Å². The molecular formula is C20H16FN3OS. The molecule has 0 saturated carbocycles. The van der Waals surface area contributed by atoms with Gasteiger partial charge in [-0.3, -0.25) is 4.57 Å². The molecule has 0 fully saturated rings. The standard InChI is InChI=1S/C20H16FN3OS/c1-14-7-2-5-10-17(14)24-19(18-11-6-12-25-18)22-23-20(24)26-13-15-8-3-4-9-16(15)21/h2-12H,13H2,1H3. The summed E-state index contributed by atoms with van der Waals surface area (Å²) in [6, 6.07) is 18.4. The third-order valence-electron chi connectivity index (χ3n) is 4.05. The van der Waals surface area contributed by atoms with Crippen LogP contribution in [0.5, 0.6) is 0 Å². The lowest BCUT2D eigenvalue weighted by Gasteiger charge is -2.12. The quantitative estimate of drug-likeness (QED) is 0.452. The molecule has 2 aromatic heterocycles. The van der Waals surface area contributed by atoms with Gasteiger partial charge in [0.2, 0.25) is 5.82 Å². The lowest BCUT2D eigenvalue weighted by molar-refractivity contribution is 0.575. The zero-order chi connectivity index (χ0) is 17.9. The molecule has 2 aromatic carbocycles. The molecule has 4 aromatic rings. The Hall–Kier alpha value is -2.86. The normalized spacial score (nSPS) is 11.0. The molecule has 26 heavy (non-hydrogen) atoms. The smallest absolute Gasteiger partial charge is 0.205 e. The molecule has 0 N–H and O–H groups in total. The Kier molecular flexibility index (Phi) is 4.58. The first kappa shape index (κ1) is 16.6. The second-order valence-corrected chi connectivity index (χ2v) is 6.73. The summed E-state index contributed by atoms with van der Waals surface area (Å²) in [5.41, 5.74) is 2.70. The highest BCUT2D eigenvalue weighted by Gasteiger charge is 2.19. The summed E-state index contributed by atoms with van der Waals surface area (Å²) >= 11 is 1.44. The van der Waals surface area contributed by atoms with Crippen molar-refractivity contribution in [2.75, 3.05) is 0 Å². The predicted molar refractivity (Wildman–Crippen MR) is 99.8 cm³/mol. The van der Waals surface area contributed by atoms with Crippen molar-refractivity contribution in [3.05, 3.63) is 83.9 Å². The van der Waals surface area contributed by atoms with Crippen LogP contribution in [0.4, 0.5) is 4.39 Å². The van der Waals surface area contributed by atoms with Crippen molar-refractivity contribution in [3.63, 3.8) is 0 Å². The average Bonchev–Trinajstić information content (AvgIpc) is 3.31. The van der Waals surface area contributed by atoms with Gasteiger partial charge in [-0.25, -0.2) is 4.39 Å². The van der Waals surface area contributed by atoms with E-state index in [2.05, 4.69) is 10.2 Å². The second kappa shape index (κ2) is 7.17. The van der Waals surface area contributed by atoms with Gasteiger partial charge < -0.3 is 4.42 Å². The molecule has 2 heterocycles. The van der Waals surface area contributed by atoms with Crippen molar-refractivity contribution in [1.82, 2.24) is 14.8 Å². The highest BCUT2D eigenvalue weighted by Crippen LogP contribution is 2.31. The molecule has 0 unspecified atom stereocenters. The Bertz CT molecular complexity index is 1030. The number of hydrogen-bond acceptors (Lipinski definition) is 4. The fourth-order valence-corrected chi connectivity index (χ4v) is 3.65. The first-order valence-corrected chi connectivity index (χ1v) is 9.14. The maximum Gasteiger partial charge on any atom is 0.205 e. The van der Waals surface area contributed by atoms with Gasteiger partial charge in [0.15, 0.2) is 10.9 Å². The molecule has 130 valence electrons. The molecular weight excluding hydrogens is 349 g/mol. The van der Waals surface area contributed by atoms with Crippen molar-refractivity contribution >= 4 is 11.8 Å². The van der Waals surface area contributed by atoms with E-state index < -0.39 is 0 Å². The maximum atomic E-state index is 13.9. The van der Waals surface area contributed by atoms with Gasteiger partial charge in [0.05, 0.1) is 12.0 Å². The highest BCUT2D eigenvalue weighted by atomic mass is 32.2. The van der Waals surface area contributed by atoms with Crippen molar-refractivity contribution in [1.29, 1.82) is 0 Å². The monoisotopic (exact) mass is 365 g/mol. The van der Waals surface area contributed by atoms with E-state index in [4.69, 9.17) is 4.42 Å². The topological polar surface area (TPSA) is 43.9 Å². The van der Waals surface area contributed by atoms with E-state index in [1.807, 2.05) is 54.0 Å². The molecule has 6 heteroatoms. The minimum atomic E-state index is -0.215. The van der Waals surface area contributed by atoms with E-state index >= 15 is 0 Å². The molecule has 0 saturated heterocycles. The number of aryl methyl sites for hydroxylation is 1. The van der Waals surface area contributed by atoms with E-state index in [1.54, 1.807) is 18.4 Å². The zero-order valence-electron chi connectivity index (χ0n) is 14.1. The minimum Gasteiger partial charge on any atom is -0.461 e. The lowest BCUT2D eigenvalue weighted by Crippen LogP contribution is -2.01. The molecule has 0 aliphatic rings. The Labute approximate surface area is 154 Å². The molecule has 0 atom stereocenters. The van der Waals surface area contributed by atoms with Gasteiger partial charge in [-0.2, -0.15) is 0 Å². The fourth-order valence-electron chi connectivity index (χ4n) is 2.72. The van der Waals surface area contributed by atoms with E-state index in [1.165, 1.54) is 17.8 Å². The van der Waals surface area contributed by atoms with E-state index in [0.29, 0.717) is 28.1 Å². The van der Waals surface area contributed by atoms with Crippen LogP contribution in [0, 0.1) is 12.7 Å². The van der Waals surface area contributed by atoms with Crippen LogP contribution in [-0.2, 0) is 5.75 Å². The number of para-hydroxylation sites is 1. The lowest BCUT2D eigenvalue weighted by atomic mass is 10.2. The molecule has 0 amide bonds. The third kappa shape index (κ3) is 3.15. The van der Waals surface area contributed by atoms with Gasteiger partial charge >= 0.3 is 0 Å². The summed E-state index contributed by atoms with van der Waals surface area (Å²) in [6.07, 6.45) is 1.61. The summed E-state index contributed by atoms with van der Waals surface area (Å²) in [6.45, 7) is 2.03. The van der Waals surface area contributed by atoms with Crippen molar-refractivity contribution < 1.29 is 8.81 Å². The van der Waals surface area contributed by atoms with Gasteiger partial charge in [-0.15, -0.1) is 10.2 Å². The van der Waals surface area contributed by atoms with Crippen molar-refractivity contribution in [2.45, 2.75) is 17.8 Å². The van der Waals surface area contributed by atoms with E-state index in [0.717, 1.165) is 11.3 Å². The number of aromatic nitrogens is 3. The summed E-state index contributed by atoms with van der Waals surface area (Å²) < 4.78 is 21.4. The number of benzene rings is 2. The Morgan fingerprint density at radius 2 is 1.81 bits per heavy atom. The number of hydrogen-bond donors (Lipinski definition) is 0. The molecule has 0 aliphatic heterocycles. The summed E-state index contributed by atoms with van der Waals surface area (Å²) in [5, 5.41) is 9.33. The Morgan fingerprint density at radius 1 is 1.00 bits per heavy atom. The van der Waals surface area contributed by atoms with Crippen LogP contribution in [-0.4, -0.2) is 14.8 Å². The van der Waals surface area contributed by atoms with Crippen LogP contribution >= 0.6 is 11.8 Å². The first-order chi connectivity index (χ1) is 12.7. The molecule has 0 aliphatic carbocycles. The van der Waals surface area contributed by atoms with Crippen LogP contribution < -0.4 is 0 Å². The Morgan fingerprint density at radius 3 is 2.58 bits per heavy atom. The Balaban J connectivity index is 1.76. The predicted octanol–water partition coefficient (Wildman–Crippen LogP) is 5.27. The van der Waals surface area contributed by atoms with Gasteiger partial charge in [0.1, 0.15) is 5.82 Å². The summed E-state index contributed by atoms with van der Waals surface area (Å²) in [5.74, 6) is 1.52. The first-order valence-electron chi connectivity index (χ1n) is 8.15. The van der Waals surface area contributed by atoms with Gasteiger partial charge in [-0.05, 0) is 42.3 Å². The number of furan rings is 1. The number of thioether (sulfide) groups is 1. The number of halogens is 1. The second-order valence-electron chi connectivity index (χ2n) is 5.79. The third-order valence-corrected chi connectivity index (χ3v) is 5.02. The zero-order valence-corrected chi connectivity index (χ0v) is 14.9. The molecule has 0 radical (unpaired) electrons. The van der Waals surface area contributed by atoms with Crippen LogP contribution in [0.25, 0.3) is 17.3 Å². The average molecular weight is 365 g/mol. The van der Waals surface area contributed by atoms with Crippen molar-refractivity contribution in [3.8, 4) is 17.3 Å². The molecule has 0 bridgehead atoms. The van der Waals surface area contributed by atoms with Crippen LogP contribution in [0.3, 0.4) is 0 Å². The number of rotatable bonds is 5. The number of nitrogens with zero attached hydrogens (tertiary/aromatic N) is 3. The fraction of sp³-hybridized carbons (Fsp3) is 0.100. The molecule has 0 spiro atoms. The largest absolute Gasteiger partial charge is 0.461 e. The summed E-state index contributed by atoms with van der Waals surface area (Å²) in [4.78, 5) is 0. The summed E-state index contributed by atoms with van der Waals surface area (Å²) in [7, 11) is 0. The van der Waals surface area contributed by atoms with Gasteiger partial charge in [0, 0.05) is 5.75 Å². The van der Waals surface area contributed by atoms with Crippen molar-refractivity contribution in [2.24, 2.45) is 0 Å². The minimum absolute atomic E-state index is 0.215. The SMILES string of the molecule is Cc1ccccc1-n1c(SCc2ccccc2F)nnc1-c1ccco1. The highest BCUT2D eigenvalue weighted by molar-refractivity contribution is 7.98. The molecule has 4 nitrogen and oxygen atoms in total. The van der Waals surface area contributed by atoms with Crippen LogP contribution in [0.2, 0.25) is 0 Å².